The molecule has 0 amide bonds. The average Bonchev–Trinajstić information content (AvgIpc) is 2.53. The van der Waals surface area contributed by atoms with E-state index >= 15 is 0 Å². The maximum Gasteiger partial charge on any atom is 0.320 e. The van der Waals surface area contributed by atoms with E-state index in [9.17, 15) is 14.4 Å². The van der Waals surface area contributed by atoms with E-state index in [0.717, 1.165) is 5.57 Å². The lowest BCUT2D eigenvalue weighted by atomic mass is 9.72. The van der Waals surface area contributed by atoms with Crippen LogP contribution in [0.4, 0.5) is 0 Å². The van der Waals surface area contributed by atoms with Gasteiger partial charge in [-0.1, -0.05) is 12.5 Å². The van der Waals surface area contributed by atoms with E-state index < -0.39 is 23.3 Å². The number of hydrogen-bond acceptors (Lipinski definition) is 5. The van der Waals surface area contributed by atoms with E-state index in [2.05, 4.69) is 9.47 Å². The molecule has 0 aromatic carbocycles. The lowest BCUT2D eigenvalue weighted by molar-refractivity contribution is -0.163. The minimum atomic E-state index is -1.10. The molecular formula is C13H18O5. The van der Waals surface area contributed by atoms with Crippen LogP contribution in [0.1, 0.15) is 27.2 Å². The molecule has 0 aliphatic heterocycles. The summed E-state index contributed by atoms with van der Waals surface area (Å²) in [5.41, 5.74) is 0.491. The lowest BCUT2D eigenvalue weighted by Gasteiger charge is -2.31. The van der Waals surface area contributed by atoms with Gasteiger partial charge in [-0.3, -0.25) is 14.4 Å². The van der Waals surface area contributed by atoms with Crippen LogP contribution in [0.5, 0.6) is 0 Å². The fourth-order valence-corrected chi connectivity index (χ4v) is 2.41. The summed E-state index contributed by atoms with van der Waals surface area (Å²) in [6.45, 7) is 5.18. The maximum absolute atomic E-state index is 11.8. The van der Waals surface area contributed by atoms with Crippen molar-refractivity contribution in [2.45, 2.75) is 27.2 Å². The van der Waals surface area contributed by atoms with Gasteiger partial charge in [0.05, 0.1) is 14.2 Å². The number of ketones is 1. The summed E-state index contributed by atoms with van der Waals surface area (Å²) < 4.78 is 9.32. The Kier molecular flexibility index (Phi) is 3.94. The van der Waals surface area contributed by atoms with Crippen molar-refractivity contribution in [2.75, 3.05) is 14.2 Å². The SMILES string of the molecule is COC(=O)C(C(=O)OC)C1(C)CC(=O)C(C)=C1C. The Hall–Kier alpha value is -1.65. The van der Waals surface area contributed by atoms with Crippen molar-refractivity contribution in [3.05, 3.63) is 11.1 Å². The van der Waals surface area contributed by atoms with Gasteiger partial charge in [0, 0.05) is 11.8 Å². The average molecular weight is 254 g/mol. The molecule has 0 aromatic heterocycles. The topological polar surface area (TPSA) is 69.7 Å². The van der Waals surface area contributed by atoms with Crippen molar-refractivity contribution in [3.63, 3.8) is 0 Å². The first kappa shape index (κ1) is 14.4. The van der Waals surface area contributed by atoms with Gasteiger partial charge in [0.1, 0.15) is 0 Å². The summed E-state index contributed by atoms with van der Waals surface area (Å²) in [5, 5.41) is 0. The number of esters is 2. The summed E-state index contributed by atoms with van der Waals surface area (Å²) in [6.07, 6.45) is 0.125. The maximum atomic E-state index is 11.8. The highest BCUT2D eigenvalue weighted by Crippen LogP contribution is 2.47. The van der Waals surface area contributed by atoms with Crippen LogP contribution in [0.25, 0.3) is 0 Å². The molecule has 1 atom stereocenters. The monoisotopic (exact) mass is 254 g/mol. The predicted octanol–water partition coefficient (Wildman–Crippen LogP) is 1.26. The van der Waals surface area contributed by atoms with Crippen LogP contribution in [-0.2, 0) is 23.9 Å². The van der Waals surface area contributed by atoms with Crippen molar-refractivity contribution in [3.8, 4) is 0 Å². The molecule has 1 aliphatic rings. The van der Waals surface area contributed by atoms with E-state index in [-0.39, 0.29) is 12.2 Å². The Labute approximate surface area is 106 Å². The summed E-state index contributed by atoms with van der Waals surface area (Å²) in [5.74, 6) is -2.50. The molecule has 0 saturated carbocycles. The predicted molar refractivity (Wildman–Crippen MR) is 63.6 cm³/mol. The van der Waals surface area contributed by atoms with Gasteiger partial charge in [0.25, 0.3) is 0 Å². The van der Waals surface area contributed by atoms with Gasteiger partial charge >= 0.3 is 11.9 Å². The minimum Gasteiger partial charge on any atom is -0.468 e. The quantitative estimate of drug-likeness (QED) is 0.560. The first-order valence-electron chi connectivity index (χ1n) is 5.66. The molecule has 1 aliphatic carbocycles. The Morgan fingerprint density at radius 3 is 1.89 bits per heavy atom. The molecule has 0 heterocycles. The number of ether oxygens (including phenoxy) is 2. The second-order valence-electron chi connectivity index (χ2n) is 4.75. The summed E-state index contributed by atoms with van der Waals surface area (Å²) >= 11 is 0. The Balaban J connectivity index is 3.27. The first-order chi connectivity index (χ1) is 8.29. The van der Waals surface area contributed by atoms with E-state index in [1.54, 1.807) is 20.8 Å². The highest BCUT2D eigenvalue weighted by molar-refractivity contribution is 6.03. The normalized spacial score (nSPS) is 23.6. The minimum absolute atomic E-state index is 0.0483. The van der Waals surface area contributed by atoms with Crippen molar-refractivity contribution in [1.29, 1.82) is 0 Å². The van der Waals surface area contributed by atoms with E-state index in [1.165, 1.54) is 14.2 Å². The molecular weight excluding hydrogens is 236 g/mol. The van der Waals surface area contributed by atoms with Gasteiger partial charge in [0.15, 0.2) is 11.7 Å². The highest BCUT2D eigenvalue weighted by Gasteiger charge is 2.51. The number of carbonyl (C=O) groups excluding carboxylic acids is 3. The van der Waals surface area contributed by atoms with Gasteiger partial charge in [-0.25, -0.2) is 0 Å². The van der Waals surface area contributed by atoms with Crippen molar-refractivity contribution >= 4 is 17.7 Å². The molecule has 0 saturated heterocycles. The number of carbonyl (C=O) groups is 3. The number of allylic oxidation sites excluding steroid dienone is 2. The largest absolute Gasteiger partial charge is 0.468 e. The molecule has 0 spiro atoms. The standard InChI is InChI=1S/C13H18O5/c1-7-8(2)13(3,6-9(7)14)10(11(15)17-4)12(16)18-5/h10H,6H2,1-5H3. The van der Waals surface area contributed by atoms with Gasteiger partial charge in [-0.2, -0.15) is 0 Å². The lowest BCUT2D eigenvalue weighted by Crippen LogP contribution is -2.40. The molecule has 0 aromatic rings. The van der Waals surface area contributed by atoms with Crippen molar-refractivity contribution in [2.24, 2.45) is 11.3 Å². The molecule has 0 bridgehead atoms. The molecule has 1 unspecified atom stereocenters. The fraction of sp³-hybridized carbons (Fsp3) is 0.615. The zero-order valence-electron chi connectivity index (χ0n) is 11.3. The van der Waals surface area contributed by atoms with Crippen LogP contribution in [0, 0.1) is 11.3 Å². The van der Waals surface area contributed by atoms with E-state index in [1.807, 2.05) is 0 Å². The smallest absolute Gasteiger partial charge is 0.320 e. The van der Waals surface area contributed by atoms with Gasteiger partial charge < -0.3 is 9.47 Å². The summed E-state index contributed by atoms with van der Waals surface area (Å²) in [6, 6.07) is 0. The molecule has 18 heavy (non-hydrogen) atoms. The van der Waals surface area contributed by atoms with Crippen LogP contribution in [-0.4, -0.2) is 31.9 Å². The molecule has 0 fully saturated rings. The van der Waals surface area contributed by atoms with Crippen LogP contribution in [0.2, 0.25) is 0 Å². The third-order valence-corrected chi connectivity index (χ3v) is 3.88. The van der Waals surface area contributed by atoms with Crippen molar-refractivity contribution in [1.82, 2.24) is 0 Å². The zero-order chi connectivity index (χ0) is 14.1. The Morgan fingerprint density at radius 2 is 1.61 bits per heavy atom. The van der Waals surface area contributed by atoms with Gasteiger partial charge in [-0.15, -0.1) is 0 Å². The molecule has 0 radical (unpaired) electrons. The van der Waals surface area contributed by atoms with Crippen LogP contribution >= 0.6 is 0 Å². The zero-order valence-corrected chi connectivity index (χ0v) is 11.3. The number of rotatable bonds is 3. The fourth-order valence-electron chi connectivity index (χ4n) is 2.41. The molecule has 100 valence electrons. The van der Waals surface area contributed by atoms with E-state index in [0.29, 0.717) is 5.57 Å². The summed E-state index contributed by atoms with van der Waals surface area (Å²) in [7, 11) is 2.43. The first-order valence-corrected chi connectivity index (χ1v) is 5.66. The number of hydrogen-bond donors (Lipinski definition) is 0. The second-order valence-corrected chi connectivity index (χ2v) is 4.75. The van der Waals surface area contributed by atoms with Crippen molar-refractivity contribution < 1.29 is 23.9 Å². The molecule has 5 heteroatoms. The molecule has 0 N–H and O–H groups in total. The third-order valence-electron chi connectivity index (χ3n) is 3.88. The summed E-state index contributed by atoms with van der Waals surface area (Å²) in [4.78, 5) is 35.4. The second kappa shape index (κ2) is 4.92. The van der Waals surface area contributed by atoms with Gasteiger partial charge in [-0.05, 0) is 19.4 Å². The highest BCUT2D eigenvalue weighted by atomic mass is 16.5. The Morgan fingerprint density at radius 1 is 1.17 bits per heavy atom. The van der Waals surface area contributed by atoms with Crippen LogP contribution in [0.15, 0.2) is 11.1 Å². The number of methoxy groups -OCH3 is 2. The molecule has 5 nitrogen and oxygen atoms in total. The molecule has 1 rings (SSSR count). The van der Waals surface area contributed by atoms with Gasteiger partial charge in [0.2, 0.25) is 0 Å². The number of Topliss-reactive ketones (excluding diaryl/α,β-unsaturated/α-hetero) is 1. The third kappa shape index (κ3) is 2.05. The van der Waals surface area contributed by atoms with Crippen LogP contribution in [0.3, 0.4) is 0 Å². The Bertz CT molecular complexity index is 419. The van der Waals surface area contributed by atoms with E-state index in [4.69, 9.17) is 0 Å². The van der Waals surface area contributed by atoms with Crippen LogP contribution < -0.4 is 0 Å².